The van der Waals surface area contributed by atoms with Crippen LogP contribution in [0.2, 0.25) is 0 Å². The fourth-order valence-electron chi connectivity index (χ4n) is 2.75. The van der Waals surface area contributed by atoms with E-state index in [0.717, 1.165) is 12.8 Å². The van der Waals surface area contributed by atoms with Crippen LogP contribution in [-0.4, -0.2) is 43.6 Å². The highest BCUT2D eigenvalue weighted by Gasteiger charge is 2.27. The fourth-order valence-corrected chi connectivity index (χ4v) is 2.75. The molecule has 22 heavy (non-hydrogen) atoms. The summed E-state index contributed by atoms with van der Waals surface area (Å²) in [4.78, 5) is 25.2. The second kappa shape index (κ2) is 8.41. The van der Waals surface area contributed by atoms with E-state index in [1.54, 1.807) is 4.90 Å². The van der Waals surface area contributed by atoms with Crippen LogP contribution >= 0.6 is 0 Å². The van der Waals surface area contributed by atoms with Gasteiger partial charge in [0.1, 0.15) is 0 Å². The number of rotatable bonds is 5. The molecule has 1 N–H and O–H groups in total. The molecule has 5 nitrogen and oxygen atoms in total. The Labute approximate surface area is 131 Å². The normalized spacial score (nSPS) is 15.4. The smallest absolute Gasteiger partial charge is 0.409 e. The lowest BCUT2D eigenvalue weighted by atomic mass is 9.96. The zero-order chi connectivity index (χ0) is 15.8. The second-order valence-electron chi connectivity index (χ2n) is 5.61. The molecule has 1 aromatic carbocycles. The molecule has 0 radical (unpaired) electrons. The van der Waals surface area contributed by atoms with Crippen molar-refractivity contribution in [1.29, 1.82) is 0 Å². The zero-order valence-electron chi connectivity index (χ0n) is 13.1. The van der Waals surface area contributed by atoms with Gasteiger partial charge in [-0.3, -0.25) is 4.79 Å². The minimum Gasteiger partial charge on any atom is -0.453 e. The summed E-state index contributed by atoms with van der Waals surface area (Å²) in [6.45, 7) is 1.88. The van der Waals surface area contributed by atoms with Gasteiger partial charge in [0, 0.05) is 25.6 Å². The highest BCUT2D eigenvalue weighted by molar-refractivity contribution is 5.79. The summed E-state index contributed by atoms with van der Waals surface area (Å²) in [5, 5.41) is 3.01. The fraction of sp³-hybridized carbons (Fsp3) is 0.529. The lowest BCUT2D eigenvalue weighted by Gasteiger charge is -2.30. The Kier molecular flexibility index (Phi) is 6.25. The number of hydrogen-bond acceptors (Lipinski definition) is 3. The van der Waals surface area contributed by atoms with Crippen LogP contribution in [0.3, 0.4) is 0 Å². The number of methoxy groups -OCH3 is 1. The number of carbonyl (C=O) groups excluding carboxylic acids is 2. The first kappa shape index (κ1) is 16.3. The Morgan fingerprint density at radius 3 is 2.55 bits per heavy atom. The van der Waals surface area contributed by atoms with Crippen LogP contribution in [0.25, 0.3) is 0 Å². The molecule has 0 spiro atoms. The topological polar surface area (TPSA) is 58.6 Å². The van der Waals surface area contributed by atoms with E-state index in [0.29, 0.717) is 32.5 Å². The van der Waals surface area contributed by atoms with E-state index in [-0.39, 0.29) is 17.9 Å². The van der Waals surface area contributed by atoms with E-state index in [2.05, 4.69) is 17.4 Å². The molecule has 0 unspecified atom stereocenters. The van der Waals surface area contributed by atoms with Gasteiger partial charge in [0.05, 0.1) is 7.11 Å². The molecule has 2 rings (SSSR count). The van der Waals surface area contributed by atoms with E-state index in [1.165, 1.54) is 12.7 Å². The molecule has 0 bridgehead atoms. The highest BCUT2D eigenvalue weighted by Crippen LogP contribution is 2.17. The van der Waals surface area contributed by atoms with E-state index in [1.807, 2.05) is 18.2 Å². The van der Waals surface area contributed by atoms with Gasteiger partial charge in [-0.1, -0.05) is 30.3 Å². The molecule has 0 atom stereocenters. The number of amides is 2. The number of piperidine rings is 1. The molecule has 5 heteroatoms. The maximum atomic E-state index is 12.1. The first-order valence-electron chi connectivity index (χ1n) is 7.85. The number of benzene rings is 1. The zero-order valence-corrected chi connectivity index (χ0v) is 13.1. The Balaban J connectivity index is 1.63. The molecule has 0 aromatic heterocycles. The average Bonchev–Trinajstić information content (AvgIpc) is 2.59. The third-order valence-corrected chi connectivity index (χ3v) is 4.08. The number of nitrogens with zero attached hydrogens (tertiary/aromatic N) is 1. The predicted octanol–water partition coefficient (Wildman–Crippen LogP) is 2.21. The van der Waals surface area contributed by atoms with Crippen LogP contribution in [0.1, 0.15) is 24.8 Å². The van der Waals surface area contributed by atoms with Crippen LogP contribution in [0.5, 0.6) is 0 Å². The SMILES string of the molecule is COC(=O)N1CCC(C(=O)NCCCc2ccccc2)CC1. The van der Waals surface area contributed by atoms with Crippen LogP contribution in [0, 0.1) is 5.92 Å². The largest absolute Gasteiger partial charge is 0.453 e. The van der Waals surface area contributed by atoms with Crippen molar-refractivity contribution in [2.45, 2.75) is 25.7 Å². The Bertz CT molecular complexity index is 482. The Morgan fingerprint density at radius 1 is 1.23 bits per heavy atom. The summed E-state index contributed by atoms with van der Waals surface area (Å²) in [5.74, 6) is 0.121. The standard InChI is InChI=1S/C17H24N2O3/c1-22-17(21)19-12-9-15(10-13-19)16(20)18-11-5-8-14-6-3-2-4-7-14/h2-4,6-7,15H,5,8-13H2,1H3,(H,18,20). The summed E-state index contributed by atoms with van der Waals surface area (Å²) in [6.07, 6.45) is 3.03. The van der Waals surface area contributed by atoms with Gasteiger partial charge in [-0.15, -0.1) is 0 Å². The van der Waals surface area contributed by atoms with Gasteiger partial charge in [-0.05, 0) is 31.2 Å². The third kappa shape index (κ3) is 4.76. The molecule has 0 aliphatic carbocycles. The quantitative estimate of drug-likeness (QED) is 0.849. The van der Waals surface area contributed by atoms with Gasteiger partial charge < -0.3 is 15.0 Å². The molecule has 1 fully saturated rings. The molecule has 1 aliphatic heterocycles. The molecule has 0 saturated carbocycles. The van der Waals surface area contributed by atoms with Gasteiger partial charge in [0.25, 0.3) is 0 Å². The second-order valence-corrected chi connectivity index (χ2v) is 5.61. The van der Waals surface area contributed by atoms with Crippen molar-refractivity contribution < 1.29 is 14.3 Å². The molecule has 120 valence electrons. The molecule has 1 saturated heterocycles. The van der Waals surface area contributed by atoms with Crippen molar-refractivity contribution >= 4 is 12.0 Å². The van der Waals surface area contributed by atoms with Crippen LogP contribution in [0.15, 0.2) is 30.3 Å². The van der Waals surface area contributed by atoms with Crippen molar-refractivity contribution in [3.8, 4) is 0 Å². The maximum Gasteiger partial charge on any atom is 0.409 e. The van der Waals surface area contributed by atoms with Gasteiger partial charge in [0.2, 0.25) is 5.91 Å². The number of nitrogens with one attached hydrogen (secondary N) is 1. The number of hydrogen-bond donors (Lipinski definition) is 1. The number of ether oxygens (including phenoxy) is 1. The van der Waals surface area contributed by atoms with E-state index in [9.17, 15) is 9.59 Å². The predicted molar refractivity (Wildman–Crippen MR) is 84.5 cm³/mol. The monoisotopic (exact) mass is 304 g/mol. The first-order valence-corrected chi connectivity index (χ1v) is 7.85. The highest BCUT2D eigenvalue weighted by atomic mass is 16.5. The number of carbonyl (C=O) groups is 2. The Morgan fingerprint density at radius 2 is 1.91 bits per heavy atom. The van der Waals surface area contributed by atoms with Gasteiger partial charge in [-0.25, -0.2) is 4.79 Å². The van der Waals surface area contributed by atoms with Crippen LogP contribution in [0.4, 0.5) is 4.79 Å². The van der Waals surface area contributed by atoms with Crippen molar-refractivity contribution in [3.63, 3.8) is 0 Å². The summed E-state index contributed by atoms with van der Waals surface area (Å²) < 4.78 is 4.69. The molecular formula is C17H24N2O3. The number of likely N-dealkylation sites (tertiary alicyclic amines) is 1. The minimum atomic E-state index is -0.304. The average molecular weight is 304 g/mol. The summed E-state index contributed by atoms with van der Waals surface area (Å²) in [7, 11) is 1.38. The summed E-state index contributed by atoms with van der Waals surface area (Å²) in [5.41, 5.74) is 1.29. The molecule has 1 aliphatic rings. The van der Waals surface area contributed by atoms with Crippen molar-refractivity contribution in [2.75, 3.05) is 26.7 Å². The Hall–Kier alpha value is -2.04. The van der Waals surface area contributed by atoms with Crippen LogP contribution in [-0.2, 0) is 16.0 Å². The molecule has 1 aromatic rings. The van der Waals surface area contributed by atoms with Gasteiger partial charge >= 0.3 is 6.09 Å². The molecule has 2 amide bonds. The minimum absolute atomic E-state index is 0.0117. The molecule has 1 heterocycles. The van der Waals surface area contributed by atoms with Crippen molar-refractivity contribution in [2.24, 2.45) is 5.92 Å². The van der Waals surface area contributed by atoms with Crippen LogP contribution < -0.4 is 5.32 Å². The molecular weight excluding hydrogens is 280 g/mol. The van der Waals surface area contributed by atoms with E-state index in [4.69, 9.17) is 4.74 Å². The summed E-state index contributed by atoms with van der Waals surface area (Å²) in [6, 6.07) is 10.3. The lowest BCUT2D eigenvalue weighted by molar-refractivity contribution is -0.126. The number of aryl methyl sites for hydroxylation is 1. The third-order valence-electron chi connectivity index (χ3n) is 4.08. The van der Waals surface area contributed by atoms with E-state index < -0.39 is 0 Å². The van der Waals surface area contributed by atoms with Gasteiger partial charge in [0.15, 0.2) is 0 Å². The van der Waals surface area contributed by atoms with Crippen molar-refractivity contribution in [3.05, 3.63) is 35.9 Å². The van der Waals surface area contributed by atoms with Crippen molar-refractivity contribution in [1.82, 2.24) is 10.2 Å². The first-order chi connectivity index (χ1) is 10.7. The van der Waals surface area contributed by atoms with E-state index >= 15 is 0 Å². The lowest BCUT2D eigenvalue weighted by Crippen LogP contribution is -2.43. The summed E-state index contributed by atoms with van der Waals surface area (Å²) >= 11 is 0. The van der Waals surface area contributed by atoms with Gasteiger partial charge in [-0.2, -0.15) is 0 Å². The maximum absolute atomic E-state index is 12.1.